The largest absolute Gasteiger partial charge is 0.361 e. The molecular formula is C18H15ClN4O3S. The maximum Gasteiger partial charge on any atom is 0.279 e. The predicted octanol–water partition coefficient (Wildman–Crippen LogP) is 3.54. The molecule has 2 aromatic heterocycles. The zero-order valence-corrected chi connectivity index (χ0v) is 15.9. The van der Waals surface area contributed by atoms with E-state index in [-0.39, 0.29) is 17.5 Å². The third kappa shape index (κ3) is 3.72. The molecule has 9 heteroatoms. The predicted molar refractivity (Wildman–Crippen MR) is 101 cm³/mol. The summed E-state index contributed by atoms with van der Waals surface area (Å²) in [7, 11) is 0. The number of thiazole rings is 1. The Bertz CT molecular complexity index is 1030. The van der Waals surface area contributed by atoms with E-state index in [0.29, 0.717) is 41.0 Å². The third-order valence-corrected chi connectivity index (χ3v) is 5.40. The van der Waals surface area contributed by atoms with Crippen LogP contribution in [0.25, 0.3) is 0 Å². The number of rotatable bonds is 3. The molecule has 2 amide bonds. The Balaban J connectivity index is 1.47. The van der Waals surface area contributed by atoms with Gasteiger partial charge in [-0.1, -0.05) is 34.2 Å². The van der Waals surface area contributed by atoms with E-state index in [9.17, 15) is 9.59 Å². The Morgan fingerprint density at radius 3 is 2.93 bits per heavy atom. The fourth-order valence-corrected chi connectivity index (χ4v) is 4.07. The molecule has 27 heavy (non-hydrogen) atoms. The van der Waals surface area contributed by atoms with E-state index in [1.54, 1.807) is 42.2 Å². The standard InChI is InChI=1S/C18H15ClN4O3S/c1-10-7-14(22-26-10)16(24)21-18-20-13-5-6-23(9-15(13)27-18)17(25)11-3-2-4-12(19)8-11/h2-4,7-8H,5-6,9H2,1H3,(H,20,21,24). The minimum atomic E-state index is -0.371. The van der Waals surface area contributed by atoms with E-state index in [0.717, 1.165) is 10.6 Å². The van der Waals surface area contributed by atoms with Gasteiger partial charge in [0.1, 0.15) is 5.76 Å². The van der Waals surface area contributed by atoms with Crippen molar-refractivity contribution in [3.8, 4) is 0 Å². The van der Waals surface area contributed by atoms with Crippen LogP contribution in [0.2, 0.25) is 5.02 Å². The van der Waals surface area contributed by atoms with Gasteiger partial charge in [0.15, 0.2) is 10.8 Å². The number of nitrogens with one attached hydrogen (secondary N) is 1. The number of hydrogen-bond donors (Lipinski definition) is 1. The lowest BCUT2D eigenvalue weighted by Gasteiger charge is -2.26. The number of aromatic nitrogens is 2. The lowest BCUT2D eigenvalue weighted by molar-refractivity contribution is 0.0736. The van der Waals surface area contributed by atoms with Crippen molar-refractivity contribution in [3.05, 3.63) is 62.9 Å². The Kier molecular flexibility index (Phi) is 4.67. The number of carbonyl (C=O) groups is 2. The summed E-state index contributed by atoms with van der Waals surface area (Å²) < 4.78 is 4.91. The molecule has 0 aliphatic carbocycles. The summed E-state index contributed by atoms with van der Waals surface area (Å²) in [5.41, 5.74) is 1.67. The van der Waals surface area contributed by atoms with Gasteiger partial charge in [-0.05, 0) is 25.1 Å². The number of aryl methyl sites for hydroxylation is 1. The van der Waals surface area contributed by atoms with Gasteiger partial charge in [0.25, 0.3) is 11.8 Å². The zero-order chi connectivity index (χ0) is 19.0. The molecule has 3 heterocycles. The van der Waals surface area contributed by atoms with Crippen LogP contribution in [0, 0.1) is 6.92 Å². The number of anilines is 1. The van der Waals surface area contributed by atoms with Gasteiger partial charge < -0.3 is 9.42 Å². The minimum absolute atomic E-state index is 0.0693. The first kappa shape index (κ1) is 17.7. The molecule has 1 aromatic carbocycles. The van der Waals surface area contributed by atoms with Crippen LogP contribution in [0.5, 0.6) is 0 Å². The second-order valence-electron chi connectivity index (χ2n) is 6.15. The van der Waals surface area contributed by atoms with Gasteiger partial charge >= 0.3 is 0 Å². The molecular weight excluding hydrogens is 388 g/mol. The van der Waals surface area contributed by atoms with Crippen LogP contribution in [0.3, 0.4) is 0 Å². The lowest BCUT2D eigenvalue weighted by atomic mass is 10.1. The number of fused-ring (bicyclic) bond motifs is 1. The van der Waals surface area contributed by atoms with E-state index in [4.69, 9.17) is 16.1 Å². The number of benzene rings is 1. The summed E-state index contributed by atoms with van der Waals surface area (Å²) >= 11 is 7.35. The molecule has 0 fully saturated rings. The van der Waals surface area contributed by atoms with Crippen molar-refractivity contribution in [2.24, 2.45) is 0 Å². The topological polar surface area (TPSA) is 88.3 Å². The zero-order valence-electron chi connectivity index (χ0n) is 14.4. The maximum absolute atomic E-state index is 12.7. The van der Waals surface area contributed by atoms with Crippen LogP contribution in [0.15, 0.2) is 34.9 Å². The van der Waals surface area contributed by atoms with Gasteiger partial charge in [0, 0.05) is 34.5 Å². The molecule has 0 spiro atoms. The highest BCUT2D eigenvalue weighted by Crippen LogP contribution is 2.29. The molecule has 0 radical (unpaired) electrons. The maximum atomic E-state index is 12.7. The van der Waals surface area contributed by atoms with Gasteiger partial charge in [0.2, 0.25) is 0 Å². The Morgan fingerprint density at radius 2 is 2.19 bits per heavy atom. The van der Waals surface area contributed by atoms with Gasteiger partial charge in [-0.25, -0.2) is 4.98 Å². The smallest absolute Gasteiger partial charge is 0.279 e. The van der Waals surface area contributed by atoms with Gasteiger partial charge in [-0.2, -0.15) is 0 Å². The van der Waals surface area contributed by atoms with Gasteiger partial charge in [0.05, 0.1) is 12.2 Å². The first-order valence-corrected chi connectivity index (χ1v) is 9.47. The van der Waals surface area contributed by atoms with Crippen molar-refractivity contribution >= 4 is 39.9 Å². The first-order chi connectivity index (χ1) is 13.0. The average Bonchev–Trinajstić information content (AvgIpc) is 3.26. The quantitative estimate of drug-likeness (QED) is 0.723. The monoisotopic (exact) mass is 402 g/mol. The van der Waals surface area contributed by atoms with E-state index in [1.807, 2.05) is 0 Å². The number of halogens is 1. The van der Waals surface area contributed by atoms with Crippen molar-refractivity contribution in [1.29, 1.82) is 0 Å². The Hall–Kier alpha value is -2.71. The molecule has 0 saturated heterocycles. The molecule has 3 aromatic rings. The molecule has 4 rings (SSSR count). The summed E-state index contributed by atoms with van der Waals surface area (Å²) in [6, 6.07) is 8.48. The Labute approximate surface area is 163 Å². The SMILES string of the molecule is Cc1cc(C(=O)Nc2nc3c(s2)CN(C(=O)c2cccc(Cl)c2)CC3)no1. The molecule has 7 nitrogen and oxygen atoms in total. The third-order valence-electron chi connectivity index (χ3n) is 4.17. The fraction of sp³-hybridized carbons (Fsp3) is 0.222. The second kappa shape index (κ2) is 7.13. The second-order valence-corrected chi connectivity index (χ2v) is 7.67. The highest BCUT2D eigenvalue weighted by Gasteiger charge is 2.25. The molecule has 1 aliphatic rings. The molecule has 0 atom stereocenters. The molecule has 0 unspecified atom stereocenters. The fourth-order valence-electron chi connectivity index (χ4n) is 2.86. The number of carbonyl (C=O) groups excluding carboxylic acids is 2. The van der Waals surface area contributed by atoms with Crippen LogP contribution in [0.4, 0.5) is 5.13 Å². The van der Waals surface area contributed by atoms with Crippen LogP contribution in [-0.4, -0.2) is 33.4 Å². The van der Waals surface area contributed by atoms with Crippen LogP contribution in [0.1, 0.15) is 37.2 Å². The van der Waals surface area contributed by atoms with Crippen molar-refractivity contribution in [3.63, 3.8) is 0 Å². The van der Waals surface area contributed by atoms with E-state index in [2.05, 4.69) is 15.5 Å². The van der Waals surface area contributed by atoms with Gasteiger partial charge in [-0.15, -0.1) is 0 Å². The van der Waals surface area contributed by atoms with Crippen molar-refractivity contribution in [2.75, 3.05) is 11.9 Å². The van der Waals surface area contributed by atoms with Gasteiger partial charge in [-0.3, -0.25) is 14.9 Å². The minimum Gasteiger partial charge on any atom is -0.361 e. The van der Waals surface area contributed by atoms with Crippen molar-refractivity contribution < 1.29 is 14.1 Å². The normalized spacial score (nSPS) is 13.3. The van der Waals surface area contributed by atoms with Crippen molar-refractivity contribution in [2.45, 2.75) is 19.9 Å². The molecule has 0 saturated carbocycles. The summed E-state index contributed by atoms with van der Waals surface area (Å²) in [5.74, 6) is 0.124. The number of amides is 2. The molecule has 1 aliphatic heterocycles. The molecule has 1 N–H and O–H groups in total. The highest BCUT2D eigenvalue weighted by atomic mass is 35.5. The van der Waals surface area contributed by atoms with E-state index < -0.39 is 0 Å². The van der Waals surface area contributed by atoms with Crippen LogP contribution >= 0.6 is 22.9 Å². The van der Waals surface area contributed by atoms with Crippen LogP contribution < -0.4 is 5.32 Å². The Morgan fingerprint density at radius 1 is 1.33 bits per heavy atom. The molecule has 0 bridgehead atoms. The number of nitrogens with zero attached hydrogens (tertiary/aromatic N) is 3. The van der Waals surface area contributed by atoms with E-state index in [1.165, 1.54) is 11.3 Å². The van der Waals surface area contributed by atoms with E-state index >= 15 is 0 Å². The summed E-state index contributed by atoms with van der Waals surface area (Å²) in [6.07, 6.45) is 0.636. The molecule has 138 valence electrons. The number of hydrogen-bond acceptors (Lipinski definition) is 6. The lowest BCUT2D eigenvalue weighted by Crippen LogP contribution is -2.35. The average molecular weight is 403 g/mol. The van der Waals surface area contributed by atoms with Crippen molar-refractivity contribution in [1.82, 2.24) is 15.0 Å². The summed E-state index contributed by atoms with van der Waals surface area (Å²) in [6.45, 7) is 2.74. The summed E-state index contributed by atoms with van der Waals surface area (Å²) in [4.78, 5) is 32.1. The highest BCUT2D eigenvalue weighted by molar-refractivity contribution is 7.15. The summed E-state index contributed by atoms with van der Waals surface area (Å²) in [5, 5.41) is 7.45. The van der Waals surface area contributed by atoms with Crippen LogP contribution in [-0.2, 0) is 13.0 Å². The first-order valence-electron chi connectivity index (χ1n) is 8.27.